The van der Waals surface area contributed by atoms with Gasteiger partial charge in [-0.3, -0.25) is 4.79 Å². The van der Waals surface area contributed by atoms with Gasteiger partial charge >= 0.3 is 0 Å². The van der Waals surface area contributed by atoms with Crippen LogP contribution in [0.4, 0.5) is 11.4 Å². The Balaban J connectivity index is 1.69. The van der Waals surface area contributed by atoms with E-state index in [0.29, 0.717) is 24.3 Å². The third-order valence-corrected chi connectivity index (χ3v) is 5.82. The lowest BCUT2D eigenvalue weighted by Crippen LogP contribution is -2.37. The van der Waals surface area contributed by atoms with Crippen molar-refractivity contribution < 1.29 is 14.6 Å². The van der Waals surface area contributed by atoms with Gasteiger partial charge in [0.15, 0.2) is 0 Å². The molecule has 0 aliphatic carbocycles. The van der Waals surface area contributed by atoms with Crippen LogP contribution in [0.2, 0.25) is 0 Å². The van der Waals surface area contributed by atoms with E-state index in [2.05, 4.69) is 37.8 Å². The van der Waals surface area contributed by atoms with E-state index in [9.17, 15) is 9.90 Å². The molecule has 1 fully saturated rings. The second-order valence-electron chi connectivity index (χ2n) is 7.20. The molecule has 7 heteroatoms. The molecule has 0 saturated carbocycles. The van der Waals surface area contributed by atoms with Gasteiger partial charge in [0.05, 0.1) is 24.3 Å². The van der Waals surface area contributed by atoms with E-state index in [1.807, 2.05) is 44.2 Å². The van der Waals surface area contributed by atoms with Crippen LogP contribution >= 0.6 is 22.6 Å². The molecule has 3 aromatic rings. The van der Waals surface area contributed by atoms with Gasteiger partial charge in [0, 0.05) is 39.5 Å². The minimum atomic E-state index is -0.142. The highest BCUT2D eigenvalue weighted by Gasteiger charge is 2.20. The Bertz CT molecular complexity index is 1090. The largest absolute Gasteiger partial charge is 0.493 e. The molecule has 2 N–H and O–H groups in total. The number of nitrogens with one attached hydrogen (secondary N) is 1. The van der Waals surface area contributed by atoms with E-state index < -0.39 is 0 Å². The Morgan fingerprint density at radius 3 is 2.66 bits per heavy atom. The lowest BCUT2D eigenvalue weighted by atomic mass is 10.0. The number of benzene rings is 2. The van der Waals surface area contributed by atoms with Gasteiger partial charge in [-0.15, -0.1) is 0 Å². The summed E-state index contributed by atoms with van der Waals surface area (Å²) in [6.07, 6.45) is 0. The van der Waals surface area contributed by atoms with Crippen molar-refractivity contribution in [3.8, 4) is 5.88 Å². The Kier molecular flexibility index (Phi) is 5.60. The average Bonchev–Trinajstić information content (AvgIpc) is 2.69. The molecule has 1 saturated heterocycles. The van der Waals surface area contributed by atoms with Crippen LogP contribution < -0.4 is 10.2 Å². The first-order valence-electron chi connectivity index (χ1n) is 9.47. The number of nitrogens with zero attached hydrogens (tertiary/aromatic N) is 2. The highest BCUT2D eigenvalue weighted by atomic mass is 127. The van der Waals surface area contributed by atoms with Gasteiger partial charge in [-0.1, -0.05) is 0 Å². The number of carbonyl (C=O) groups excluding carboxylic acids is 1. The topological polar surface area (TPSA) is 74.7 Å². The second kappa shape index (κ2) is 8.16. The Labute approximate surface area is 183 Å². The molecule has 0 bridgehead atoms. The Morgan fingerprint density at radius 2 is 1.90 bits per heavy atom. The number of hydrogen-bond donors (Lipinski definition) is 2. The van der Waals surface area contributed by atoms with E-state index in [1.54, 1.807) is 6.07 Å². The van der Waals surface area contributed by atoms with E-state index in [4.69, 9.17) is 4.74 Å². The molecule has 0 radical (unpaired) electrons. The second-order valence-corrected chi connectivity index (χ2v) is 8.44. The van der Waals surface area contributed by atoms with Gasteiger partial charge in [-0.25, -0.2) is 4.98 Å². The van der Waals surface area contributed by atoms with E-state index in [1.165, 1.54) is 0 Å². The predicted octanol–water partition coefficient (Wildman–Crippen LogP) is 4.25. The number of rotatable bonds is 3. The summed E-state index contributed by atoms with van der Waals surface area (Å²) < 4.78 is 6.46. The SMILES string of the molecule is Cc1cc2nc(O)cc(C)c2cc1NC(=O)c1cc(I)ccc1N1CCOCC1. The van der Waals surface area contributed by atoms with Crippen LogP contribution in [0.15, 0.2) is 36.4 Å². The highest BCUT2D eigenvalue weighted by Crippen LogP contribution is 2.29. The molecular weight excluding hydrogens is 481 g/mol. The summed E-state index contributed by atoms with van der Waals surface area (Å²) in [7, 11) is 0. The number of aromatic hydroxyl groups is 1. The molecule has 1 aliphatic rings. The van der Waals surface area contributed by atoms with Gasteiger partial charge in [-0.2, -0.15) is 0 Å². The summed E-state index contributed by atoms with van der Waals surface area (Å²) in [5.74, 6) is -0.142. The molecule has 2 aromatic carbocycles. The van der Waals surface area contributed by atoms with Crippen LogP contribution in [0, 0.1) is 17.4 Å². The van der Waals surface area contributed by atoms with E-state index in [0.717, 1.165) is 44.5 Å². The number of aryl methyl sites for hydroxylation is 2. The number of pyridine rings is 1. The predicted molar refractivity (Wildman–Crippen MR) is 123 cm³/mol. The minimum Gasteiger partial charge on any atom is -0.493 e. The summed E-state index contributed by atoms with van der Waals surface area (Å²) in [4.78, 5) is 19.6. The molecule has 6 nitrogen and oxygen atoms in total. The monoisotopic (exact) mass is 503 g/mol. The Hall–Kier alpha value is -2.39. The van der Waals surface area contributed by atoms with Gasteiger partial charge in [-0.05, 0) is 77.9 Å². The molecule has 4 rings (SSSR count). The van der Waals surface area contributed by atoms with Crippen molar-refractivity contribution >= 4 is 50.8 Å². The van der Waals surface area contributed by atoms with Crippen molar-refractivity contribution in [2.24, 2.45) is 0 Å². The zero-order valence-corrected chi connectivity index (χ0v) is 18.5. The number of hydrogen-bond acceptors (Lipinski definition) is 5. The number of morpholine rings is 1. The molecule has 0 unspecified atom stereocenters. The van der Waals surface area contributed by atoms with Crippen molar-refractivity contribution in [2.75, 3.05) is 36.5 Å². The fraction of sp³-hybridized carbons (Fsp3) is 0.273. The summed E-state index contributed by atoms with van der Waals surface area (Å²) in [5, 5.41) is 13.7. The summed E-state index contributed by atoms with van der Waals surface area (Å²) in [6, 6.07) is 11.4. The number of amides is 1. The highest BCUT2D eigenvalue weighted by molar-refractivity contribution is 14.1. The molecular formula is C22H22IN3O3. The van der Waals surface area contributed by atoms with Gasteiger partial charge in [0.2, 0.25) is 5.88 Å². The molecule has 150 valence electrons. The van der Waals surface area contributed by atoms with Crippen LogP contribution in [0.5, 0.6) is 5.88 Å². The normalized spacial score (nSPS) is 14.2. The van der Waals surface area contributed by atoms with Crippen molar-refractivity contribution in [2.45, 2.75) is 13.8 Å². The van der Waals surface area contributed by atoms with Gasteiger partial charge in [0.1, 0.15) is 0 Å². The van der Waals surface area contributed by atoms with E-state index >= 15 is 0 Å². The van der Waals surface area contributed by atoms with Crippen molar-refractivity contribution in [1.82, 2.24) is 4.98 Å². The standard InChI is InChI=1S/C22H22IN3O3/c1-13-10-21(27)24-19-9-14(2)18(12-16(13)19)25-22(28)17-11-15(23)3-4-20(17)26-5-7-29-8-6-26/h3-4,9-12H,5-8H2,1-2H3,(H,24,27)(H,25,28). The fourth-order valence-corrected chi connectivity index (χ4v) is 4.11. The van der Waals surface area contributed by atoms with Crippen molar-refractivity contribution in [3.63, 3.8) is 0 Å². The molecule has 1 amide bonds. The molecule has 0 spiro atoms. The van der Waals surface area contributed by atoms with Crippen LogP contribution in [0.1, 0.15) is 21.5 Å². The van der Waals surface area contributed by atoms with Crippen LogP contribution in [-0.2, 0) is 4.74 Å². The lowest BCUT2D eigenvalue weighted by Gasteiger charge is -2.30. The lowest BCUT2D eigenvalue weighted by molar-refractivity contribution is 0.102. The number of carbonyl (C=O) groups is 1. The quantitative estimate of drug-likeness (QED) is 0.523. The zero-order chi connectivity index (χ0) is 20.5. The van der Waals surface area contributed by atoms with Gasteiger partial charge < -0.3 is 20.1 Å². The molecule has 1 aromatic heterocycles. The third kappa shape index (κ3) is 4.16. The van der Waals surface area contributed by atoms with Crippen LogP contribution in [0.3, 0.4) is 0 Å². The van der Waals surface area contributed by atoms with Gasteiger partial charge in [0.25, 0.3) is 5.91 Å². The number of halogens is 1. The maximum absolute atomic E-state index is 13.2. The number of ether oxygens (including phenoxy) is 1. The van der Waals surface area contributed by atoms with Crippen LogP contribution in [0.25, 0.3) is 10.9 Å². The minimum absolute atomic E-state index is 0.000185. The van der Waals surface area contributed by atoms with Crippen molar-refractivity contribution in [1.29, 1.82) is 0 Å². The summed E-state index contributed by atoms with van der Waals surface area (Å²) in [5.41, 5.74) is 4.82. The first kappa shape index (κ1) is 19.9. The fourth-order valence-electron chi connectivity index (χ4n) is 3.62. The molecule has 0 atom stereocenters. The van der Waals surface area contributed by atoms with E-state index in [-0.39, 0.29) is 11.8 Å². The summed E-state index contributed by atoms with van der Waals surface area (Å²) in [6.45, 7) is 6.70. The molecule has 1 aliphatic heterocycles. The molecule has 29 heavy (non-hydrogen) atoms. The smallest absolute Gasteiger partial charge is 0.257 e. The average molecular weight is 503 g/mol. The summed E-state index contributed by atoms with van der Waals surface area (Å²) >= 11 is 2.23. The number of fused-ring (bicyclic) bond motifs is 1. The molecule has 2 heterocycles. The third-order valence-electron chi connectivity index (χ3n) is 5.15. The number of anilines is 2. The first-order valence-corrected chi connectivity index (χ1v) is 10.5. The number of aromatic nitrogens is 1. The first-order chi connectivity index (χ1) is 13.9. The van der Waals surface area contributed by atoms with Crippen molar-refractivity contribution in [3.05, 3.63) is 56.7 Å². The maximum atomic E-state index is 13.2. The Morgan fingerprint density at radius 1 is 1.14 bits per heavy atom. The maximum Gasteiger partial charge on any atom is 0.257 e. The van der Waals surface area contributed by atoms with Crippen LogP contribution in [-0.4, -0.2) is 42.3 Å². The zero-order valence-electron chi connectivity index (χ0n) is 16.3.